The zero-order valence-electron chi connectivity index (χ0n) is 11.8. The molecular formula is C17H16N2O2. The van der Waals surface area contributed by atoms with Crippen molar-refractivity contribution in [3.8, 4) is 11.8 Å². The summed E-state index contributed by atoms with van der Waals surface area (Å²) in [5.41, 5.74) is 2.85. The second-order valence-corrected chi connectivity index (χ2v) is 4.53. The topological polar surface area (TPSA) is 62.2 Å². The smallest absolute Gasteiger partial charge is 0.274 e. The van der Waals surface area contributed by atoms with Crippen LogP contribution in [0.3, 0.4) is 0 Å². The molecule has 0 bridgehead atoms. The van der Waals surface area contributed by atoms with Crippen molar-refractivity contribution in [2.45, 2.75) is 13.3 Å². The van der Waals surface area contributed by atoms with E-state index in [1.165, 1.54) is 0 Å². The average molecular weight is 280 g/mol. The Labute approximate surface area is 123 Å². The van der Waals surface area contributed by atoms with E-state index in [9.17, 15) is 4.79 Å². The summed E-state index contributed by atoms with van der Waals surface area (Å²) in [6.07, 6.45) is 2.01. The number of aromatic nitrogens is 1. The molecule has 1 heterocycles. The van der Waals surface area contributed by atoms with E-state index in [2.05, 4.69) is 22.1 Å². The minimum absolute atomic E-state index is 0.0437. The van der Waals surface area contributed by atoms with Crippen LogP contribution in [0.15, 0.2) is 42.6 Å². The Hall–Kier alpha value is -2.64. The highest BCUT2D eigenvalue weighted by Crippen LogP contribution is 2.14. The van der Waals surface area contributed by atoms with E-state index in [4.69, 9.17) is 5.11 Å². The molecule has 0 spiro atoms. The molecule has 0 saturated carbocycles. The summed E-state index contributed by atoms with van der Waals surface area (Å²) in [7, 11) is 0. The lowest BCUT2D eigenvalue weighted by Gasteiger charge is -2.06. The van der Waals surface area contributed by atoms with Gasteiger partial charge in [-0.1, -0.05) is 17.9 Å². The fourth-order valence-electron chi connectivity index (χ4n) is 1.84. The number of hydrogen-bond acceptors (Lipinski definition) is 3. The van der Waals surface area contributed by atoms with E-state index in [1.807, 2.05) is 19.1 Å². The molecule has 1 amide bonds. The first kappa shape index (κ1) is 14.8. The van der Waals surface area contributed by atoms with Crippen LogP contribution in [0.2, 0.25) is 0 Å². The molecule has 0 unspecified atom stereocenters. The largest absolute Gasteiger partial charge is 0.395 e. The van der Waals surface area contributed by atoms with Gasteiger partial charge in [-0.3, -0.25) is 9.78 Å². The van der Waals surface area contributed by atoms with Gasteiger partial charge in [-0.25, -0.2) is 0 Å². The average Bonchev–Trinajstić information content (AvgIpc) is 2.48. The third-order valence-corrected chi connectivity index (χ3v) is 2.70. The Morgan fingerprint density at radius 1 is 1.33 bits per heavy atom. The zero-order chi connectivity index (χ0) is 15.1. The molecule has 0 fully saturated rings. The zero-order valence-corrected chi connectivity index (χ0v) is 11.8. The minimum atomic E-state index is -0.254. The van der Waals surface area contributed by atoms with E-state index in [1.54, 1.807) is 30.5 Å². The van der Waals surface area contributed by atoms with Crippen LogP contribution in [0, 0.1) is 18.8 Å². The molecule has 2 rings (SSSR count). The van der Waals surface area contributed by atoms with Crippen LogP contribution in [0.5, 0.6) is 0 Å². The van der Waals surface area contributed by atoms with Crippen molar-refractivity contribution < 1.29 is 9.90 Å². The number of aliphatic hydroxyl groups excluding tert-OH is 1. The lowest BCUT2D eigenvalue weighted by Crippen LogP contribution is -2.13. The number of carbonyl (C=O) groups is 1. The van der Waals surface area contributed by atoms with Crippen LogP contribution in [0.1, 0.15) is 28.0 Å². The number of hydrogen-bond donors (Lipinski definition) is 2. The lowest BCUT2D eigenvalue weighted by atomic mass is 10.1. The van der Waals surface area contributed by atoms with Gasteiger partial charge in [0.25, 0.3) is 5.91 Å². The third-order valence-electron chi connectivity index (χ3n) is 2.70. The second kappa shape index (κ2) is 7.22. The minimum Gasteiger partial charge on any atom is -0.395 e. The third kappa shape index (κ3) is 4.44. The van der Waals surface area contributed by atoms with Crippen molar-refractivity contribution in [2.75, 3.05) is 11.9 Å². The summed E-state index contributed by atoms with van der Waals surface area (Å²) in [6.45, 7) is 1.98. The summed E-state index contributed by atoms with van der Waals surface area (Å²) in [4.78, 5) is 16.1. The van der Waals surface area contributed by atoms with Gasteiger partial charge in [0.2, 0.25) is 0 Å². The molecule has 1 aromatic carbocycles. The normalized spacial score (nSPS) is 9.62. The van der Waals surface area contributed by atoms with Gasteiger partial charge >= 0.3 is 0 Å². The molecule has 2 N–H and O–H groups in total. The molecule has 0 aliphatic rings. The van der Waals surface area contributed by atoms with Crippen LogP contribution >= 0.6 is 0 Å². The van der Waals surface area contributed by atoms with E-state index < -0.39 is 0 Å². The van der Waals surface area contributed by atoms with E-state index in [-0.39, 0.29) is 12.5 Å². The molecule has 2 aromatic rings. The predicted octanol–water partition coefficient (Wildman–Crippen LogP) is 2.38. The Morgan fingerprint density at radius 2 is 2.19 bits per heavy atom. The van der Waals surface area contributed by atoms with E-state index >= 15 is 0 Å². The van der Waals surface area contributed by atoms with Crippen molar-refractivity contribution in [3.05, 3.63) is 59.4 Å². The number of nitrogens with one attached hydrogen (secondary N) is 1. The first-order chi connectivity index (χ1) is 10.2. The maximum absolute atomic E-state index is 12.1. The van der Waals surface area contributed by atoms with Gasteiger partial charge in [-0.2, -0.15) is 0 Å². The standard InChI is InChI=1S/C17H16N2O2/c1-13-10-14(6-3-5-9-20)12-15(11-13)19-17(21)16-7-2-4-8-18-16/h2,4,7-8,10-12,20H,5,9H2,1H3,(H,19,21). The first-order valence-electron chi connectivity index (χ1n) is 6.63. The molecule has 4 heteroatoms. The second-order valence-electron chi connectivity index (χ2n) is 4.53. The van der Waals surface area contributed by atoms with Crippen LogP contribution < -0.4 is 5.32 Å². The van der Waals surface area contributed by atoms with Crippen molar-refractivity contribution in [1.29, 1.82) is 0 Å². The van der Waals surface area contributed by atoms with Crippen molar-refractivity contribution >= 4 is 11.6 Å². The SMILES string of the molecule is Cc1cc(C#CCCO)cc(NC(=O)c2ccccn2)c1. The highest BCUT2D eigenvalue weighted by atomic mass is 16.2. The van der Waals surface area contributed by atoms with Crippen molar-refractivity contribution in [1.82, 2.24) is 4.98 Å². The van der Waals surface area contributed by atoms with Crippen LogP contribution in [-0.2, 0) is 0 Å². The Morgan fingerprint density at radius 3 is 2.90 bits per heavy atom. The Bertz CT molecular complexity index is 685. The number of nitrogens with zero attached hydrogens (tertiary/aromatic N) is 1. The number of carbonyl (C=O) groups excluding carboxylic acids is 1. The maximum atomic E-state index is 12.1. The van der Waals surface area contributed by atoms with E-state index in [0.29, 0.717) is 17.8 Å². The maximum Gasteiger partial charge on any atom is 0.274 e. The van der Waals surface area contributed by atoms with Crippen molar-refractivity contribution in [3.63, 3.8) is 0 Å². The Kier molecular flexibility index (Phi) is 5.08. The summed E-state index contributed by atoms with van der Waals surface area (Å²) >= 11 is 0. The van der Waals surface area contributed by atoms with E-state index in [0.717, 1.165) is 11.1 Å². The summed E-state index contributed by atoms with van der Waals surface area (Å²) < 4.78 is 0. The monoisotopic (exact) mass is 280 g/mol. The summed E-state index contributed by atoms with van der Waals surface area (Å²) in [5, 5.41) is 11.5. The highest BCUT2D eigenvalue weighted by molar-refractivity contribution is 6.02. The number of aliphatic hydroxyl groups is 1. The van der Waals surface area contributed by atoms with Gasteiger partial charge < -0.3 is 10.4 Å². The van der Waals surface area contributed by atoms with Gasteiger partial charge in [-0.05, 0) is 42.8 Å². The molecule has 0 saturated heterocycles. The molecule has 21 heavy (non-hydrogen) atoms. The highest BCUT2D eigenvalue weighted by Gasteiger charge is 2.07. The number of benzene rings is 1. The van der Waals surface area contributed by atoms with Gasteiger partial charge in [0, 0.05) is 23.9 Å². The summed E-state index contributed by atoms with van der Waals surface area (Å²) in [6, 6.07) is 10.8. The molecule has 1 aromatic heterocycles. The summed E-state index contributed by atoms with van der Waals surface area (Å²) in [5.74, 6) is 5.57. The van der Waals surface area contributed by atoms with Crippen LogP contribution in [-0.4, -0.2) is 22.6 Å². The van der Waals surface area contributed by atoms with Crippen LogP contribution in [0.4, 0.5) is 5.69 Å². The molecule has 4 nitrogen and oxygen atoms in total. The molecule has 106 valence electrons. The number of pyridine rings is 1. The fraction of sp³-hybridized carbons (Fsp3) is 0.176. The molecular weight excluding hydrogens is 264 g/mol. The molecule has 0 aliphatic carbocycles. The molecule has 0 radical (unpaired) electrons. The van der Waals surface area contributed by atoms with Crippen molar-refractivity contribution in [2.24, 2.45) is 0 Å². The first-order valence-corrected chi connectivity index (χ1v) is 6.63. The predicted molar refractivity (Wildman–Crippen MR) is 82.0 cm³/mol. The van der Waals surface area contributed by atoms with Gasteiger partial charge in [-0.15, -0.1) is 0 Å². The lowest BCUT2D eigenvalue weighted by molar-refractivity contribution is 0.102. The van der Waals surface area contributed by atoms with Gasteiger partial charge in [0.05, 0.1) is 6.61 Å². The van der Waals surface area contributed by atoms with Gasteiger partial charge in [0.15, 0.2) is 0 Å². The molecule has 0 atom stereocenters. The Balaban J connectivity index is 2.17. The quantitative estimate of drug-likeness (QED) is 0.849. The van der Waals surface area contributed by atoms with Gasteiger partial charge in [0.1, 0.15) is 5.69 Å². The number of anilines is 1. The molecule has 0 aliphatic heterocycles. The number of rotatable bonds is 3. The fourth-order valence-corrected chi connectivity index (χ4v) is 1.84. The number of amides is 1. The number of aryl methyl sites for hydroxylation is 1. The van der Waals surface area contributed by atoms with Crippen LogP contribution in [0.25, 0.3) is 0 Å².